The minimum atomic E-state index is -0.725. The number of carboxylic acids is 1. The molecule has 2 aromatic carbocycles. The lowest BCUT2D eigenvalue weighted by molar-refractivity contribution is -0.145. The van der Waals surface area contributed by atoms with Crippen molar-refractivity contribution in [3.8, 4) is 0 Å². The number of amides is 2. The van der Waals surface area contributed by atoms with E-state index >= 15 is 0 Å². The molecule has 41 heavy (non-hydrogen) atoms. The van der Waals surface area contributed by atoms with Gasteiger partial charge < -0.3 is 20.6 Å². The molecule has 2 amide bonds. The topological polar surface area (TPSA) is 84.9 Å². The Kier molecular flexibility index (Phi) is 10.2. The van der Waals surface area contributed by atoms with E-state index in [1.165, 1.54) is 12.5 Å². The van der Waals surface area contributed by atoms with Gasteiger partial charge in [-0.3, -0.25) is 9.69 Å². The summed E-state index contributed by atoms with van der Waals surface area (Å²) in [6.07, 6.45) is 7.03. The Morgan fingerprint density at radius 2 is 1.73 bits per heavy atom. The van der Waals surface area contributed by atoms with E-state index in [0.29, 0.717) is 24.7 Å². The molecule has 5 rings (SSSR count). The van der Waals surface area contributed by atoms with Crippen LogP contribution in [0.1, 0.15) is 62.0 Å². The third-order valence-electron chi connectivity index (χ3n) is 9.27. The summed E-state index contributed by atoms with van der Waals surface area (Å²) in [6.45, 7) is 4.36. The molecule has 2 aliphatic heterocycles. The summed E-state index contributed by atoms with van der Waals surface area (Å²) in [6, 6.07) is 13.7. The molecule has 3 atom stereocenters. The van der Waals surface area contributed by atoms with E-state index in [1.807, 2.05) is 30.3 Å². The fourth-order valence-corrected chi connectivity index (χ4v) is 7.28. The minimum Gasteiger partial charge on any atom is -0.480 e. The number of carbonyl (C=O) groups is 2. The Hall–Kier alpha value is -2.68. The predicted molar refractivity (Wildman–Crippen MR) is 158 cm³/mol. The second kappa shape index (κ2) is 14.0. The second-order valence-electron chi connectivity index (χ2n) is 12.1. The number of nitrogens with zero attached hydrogens (tertiary/aromatic N) is 2. The van der Waals surface area contributed by atoms with Crippen LogP contribution in [0.15, 0.2) is 48.5 Å². The van der Waals surface area contributed by atoms with Crippen molar-refractivity contribution >= 4 is 23.6 Å². The number of halogens is 2. The predicted octanol–water partition coefficient (Wildman–Crippen LogP) is 5.49. The van der Waals surface area contributed by atoms with Gasteiger partial charge in [-0.05, 0) is 72.9 Å². The van der Waals surface area contributed by atoms with Gasteiger partial charge in [0.15, 0.2) is 0 Å². The number of carboxylic acid groups (broad SMARTS) is 1. The van der Waals surface area contributed by atoms with Crippen LogP contribution >= 0.6 is 11.6 Å². The highest BCUT2D eigenvalue weighted by atomic mass is 35.5. The average molecular weight is 585 g/mol. The number of urea groups is 1. The normalized spacial score (nSPS) is 23.8. The summed E-state index contributed by atoms with van der Waals surface area (Å²) in [5.41, 5.74) is 1.95. The molecule has 0 bridgehead atoms. The van der Waals surface area contributed by atoms with Crippen LogP contribution in [0.3, 0.4) is 0 Å². The first-order chi connectivity index (χ1) is 19.9. The number of hydrogen-bond donors (Lipinski definition) is 3. The molecule has 0 unspecified atom stereocenters. The van der Waals surface area contributed by atoms with Gasteiger partial charge in [0, 0.05) is 56.3 Å². The van der Waals surface area contributed by atoms with Gasteiger partial charge in [0.2, 0.25) is 0 Å². The summed E-state index contributed by atoms with van der Waals surface area (Å²) in [5, 5.41) is 17.0. The van der Waals surface area contributed by atoms with Crippen molar-refractivity contribution in [3.05, 3.63) is 70.5 Å². The number of hydrogen-bond acceptors (Lipinski definition) is 4. The molecular formula is C32H42ClFN4O3. The Labute approximate surface area is 247 Å². The van der Waals surface area contributed by atoms with E-state index in [0.717, 1.165) is 69.3 Å². The fraction of sp³-hybridized carbons (Fsp3) is 0.562. The fourth-order valence-electron chi connectivity index (χ4n) is 7.15. The Morgan fingerprint density at radius 3 is 2.41 bits per heavy atom. The lowest BCUT2D eigenvalue weighted by Crippen LogP contribution is -2.49. The van der Waals surface area contributed by atoms with Crippen molar-refractivity contribution in [2.75, 3.05) is 32.7 Å². The van der Waals surface area contributed by atoms with E-state index in [2.05, 4.69) is 20.4 Å². The molecule has 2 heterocycles. The third kappa shape index (κ3) is 7.99. The number of aliphatic carboxylic acids is 1. The van der Waals surface area contributed by atoms with Crippen LogP contribution in [-0.2, 0) is 11.3 Å². The molecule has 3 aliphatic rings. The molecule has 1 aliphatic carbocycles. The van der Waals surface area contributed by atoms with E-state index in [9.17, 15) is 19.1 Å². The molecule has 2 aromatic rings. The molecule has 3 N–H and O–H groups in total. The van der Waals surface area contributed by atoms with Crippen molar-refractivity contribution in [3.63, 3.8) is 0 Å². The summed E-state index contributed by atoms with van der Waals surface area (Å²) in [4.78, 5) is 29.6. The van der Waals surface area contributed by atoms with Gasteiger partial charge in [0.1, 0.15) is 11.9 Å². The smallest absolute Gasteiger partial charge is 0.321 e. The van der Waals surface area contributed by atoms with Gasteiger partial charge in [0.25, 0.3) is 0 Å². The van der Waals surface area contributed by atoms with Gasteiger partial charge in [-0.1, -0.05) is 55.1 Å². The average Bonchev–Trinajstić information content (AvgIpc) is 3.37. The number of carbonyl (C=O) groups excluding carboxylic acids is 1. The van der Waals surface area contributed by atoms with Crippen LogP contribution in [0.5, 0.6) is 0 Å². The first-order valence-electron chi connectivity index (χ1n) is 15.1. The van der Waals surface area contributed by atoms with Crippen LogP contribution in [0.25, 0.3) is 0 Å². The van der Waals surface area contributed by atoms with Crippen LogP contribution in [0, 0.1) is 17.7 Å². The van der Waals surface area contributed by atoms with Crippen molar-refractivity contribution in [2.24, 2.45) is 11.8 Å². The quantitative estimate of drug-likeness (QED) is 0.363. The second-order valence-corrected chi connectivity index (χ2v) is 12.5. The maximum absolute atomic E-state index is 14.2. The van der Waals surface area contributed by atoms with Gasteiger partial charge >= 0.3 is 12.0 Å². The number of likely N-dealkylation sites (tertiary alicyclic amines) is 2. The molecule has 9 heteroatoms. The van der Waals surface area contributed by atoms with Crippen molar-refractivity contribution in [1.82, 2.24) is 20.4 Å². The zero-order valence-corrected chi connectivity index (χ0v) is 24.4. The van der Waals surface area contributed by atoms with E-state index in [-0.39, 0.29) is 35.6 Å². The summed E-state index contributed by atoms with van der Waals surface area (Å²) < 4.78 is 14.2. The number of nitrogens with one attached hydrogen (secondary N) is 2. The largest absolute Gasteiger partial charge is 0.480 e. The van der Waals surface area contributed by atoms with Gasteiger partial charge in [-0.25, -0.2) is 9.18 Å². The summed E-state index contributed by atoms with van der Waals surface area (Å²) in [7, 11) is 0. The van der Waals surface area contributed by atoms with Crippen LogP contribution in [0.2, 0.25) is 5.02 Å². The molecule has 222 valence electrons. The molecule has 0 radical (unpaired) electrons. The van der Waals surface area contributed by atoms with E-state index in [4.69, 9.17) is 11.6 Å². The summed E-state index contributed by atoms with van der Waals surface area (Å²) >= 11 is 5.93. The Bertz CT molecular complexity index is 1170. The molecule has 2 saturated heterocycles. The molecule has 0 aromatic heterocycles. The van der Waals surface area contributed by atoms with Crippen molar-refractivity contribution in [2.45, 2.75) is 69.5 Å². The SMILES string of the molecule is O=C(NCc1ccc(Cl)cc1)NC1CCN(C[C@H]2CN([C@@H](C(=O)O)C3CCCCC3)C[C@@H]2c2cccc(F)c2)CC1. The Morgan fingerprint density at radius 1 is 1.00 bits per heavy atom. The van der Waals surface area contributed by atoms with Gasteiger partial charge in [0.05, 0.1) is 0 Å². The lowest BCUT2D eigenvalue weighted by atomic mass is 9.83. The summed E-state index contributed by atoms with van der Waals surface area (Å²) in [5.74, 6) is -0.486. The Balaban J connectivity index is 1.17. The molecule has 7 nitrogen and oxygen atoms in total. The molecule has 0 spiro atoms. The zero-order chi connectivity index (χ0) is 28.8. The highest BCUT2D eigenvalue weighted by molar-refractivity contribution is 6.30. The highest BCUT2D eigenvalue weighted by Crippen LogP contribution is 2.38. The first kappa shape index (κ1) is 29.8. The monoisotopic (exact) mass is 584 g/mol. The number of piperidine rings is 1. The van der Waals surface area contributed by atoms with Crippen LogP contribution < -0.4 is 10.6 Å². The maximum Gasteiger partial charge on any atom is 0.321 e. The minimum absolute atomic E-state index is 0.0886. The highest BCUT2D eigenvalue weighted by Gasteiger charge is 2.43. The molecule has 1 saturated carbocycles. The van der Waals surface area contributed by atoms with Crippen molar-refractivity contribution in [1.29, 1.82) is 0 Å². The standard InChI is InChI=1S/C32H42ClFN4O3/c33-26-11-9-22(10-12-26)18-35-32(41)36-28-13-15-37(16-14-28)19-25-20-38(21-29(25)24-7-4-8-27(34)17-24)30(31(39)40)23-5-2-1-3-6-23/h4,7-12,17,23,25,28-30H,1-3,5-6,13-16,18-21H2,(H,39,40)(H2,35,36,41)/t25-,29+,30+/m0/s1. The molecular weight excluding hydrogens is 543 g/mol. The third-order valence-corrected chi connectivity index (χ3v) is 9.52. The maximum atomic E-state index is 14.2. The number of benzene rings is 2. The van der Waals surface area contributed by atoms with Crippen LogP contribution in [0.4, 0.5) is 9.18 Å². The van der Waals surface area contributed by atoms with E-state index in [1.54, 1.807) is 12.1 Å². The molecule has 3 fully saturated rings. The van der Waals surface area contributed by atoms with Gasteiger partial charge in [-0.15, -0.1) is 0 Å². The van der Waals surface area contributed by atoms with Crippen molar-refractivity contribution < 1.29 is 19.1 Å². The lowest BCUT2D eigenvalue weighted by Gasteiger charge is -2.35. The van der Waals surface area contributed by atoms with Crippen LogP contribution in [-0.4, -0.2) is 71.7 Å². The van der Waals surface area contributed by atoms with E-state index < -0.39 is 12.0 Å². The first-order valence-corrected chi connectivity index (χ1v) is 15.5. The number of rotatable bonds is 9. The zero-order valence-electron chi connectivity index (χ0n) is 23.6. The van der Waals surface area contributed by atoms with Gasteiger partial charge in [-0.2, -0.15) is 0 Å².